The van der Waals surface area contributed by atoms with Crippen LogP contribution in [0.25, 0.3) is 0 Å². The van der Waals surface area contributed by atoms with E-state index in [1.807, 2.05) is 0 Å². The van der Waals surface area contributed by atoms with Crippen molar-refractivity contribution in [3.05, 3.63) is 29.6 Å². The van der Waals surface area contributed by atoms with Crippen LogP contribution in [-0.2, 0) is 0 Å². The average molecular weight is 260 g/mol. The summed E-state index contributed by atoms with van der Waals surface area (Å²) in [7, 11) is 1.58. The molecule has 0 aliphatic heterocycles. The molecule has 0 amide bonds. The second kappa shape index (κ2) is 6.22. The van der Waals surface area contributed by atoms with E-state index >= 15 is 0 Å². The van der Waals surface area contributed by atoms with Crippen LogP contribution in [0.5, 0.6) is 5.75 Å². The van der Waals surface area contributed by atoms with Gasteiger partial charge in [-0.1, -0.05) is 12.8 Å². The highest BCUT2D eigenvalue weighted by Gasteiger charge is 2.25. The fourth-order valence-corrected chi connectivity index (χ4v) is 2.47. The second-order valence-electron chi connectivity index (χ2n) is 4.46. The maximum atomic E-state index is 13.7. The zero-order chi connectivity index (χ0) is 11.5. The Hall–Kier alpha value is -0.800. The third kappa shape index (κ3) is 3.11. The number of hydrogen-bond acceptors (Lipinski definition) is 2. The van der Waals surface area contributed by atoms with Crippen LogP contribution in [0.4, 0.5) is 4.39 Å². The molecule has 4 heteroatoms. The van der Waals surface area contributed by atoms with Crippen molar-refractivity contribution in [2.75, 3.05) is 7.11 Å². The minimum Gasteiger partial charge on any atom is -0.497 e. The van der Waals surface area contributed by atoms with Crippen molar-refractivity contribution in [2.24, 2.45) is 11.7 Å². The molecule has 2 N–H and O–H groups in total. The van der Waals surface area contributed by atoms with Gasteiger partial charge in [-0.3, -0.25) is 0 Å². The van der Waals surface area contributed by atoms with Crippen LogP contribution >= 0.6 is 12.4 Å². The zero-order valence-electron chi connectivity index (χ0n) is 9.99. The van der Waals surface area contributed by atoms with Crippen molar-refractivity contribution in [1.82, 2.24) is 0 Å². The highest BCUT2D eigenvalue weighted by Crippen LogP contribution is 2.35. The van der Waals surface area contributed by atoms with E-state index in [1.54, 1.807) is 19.2 Å². The first-order valence-electron chi connectivity index (χ1n) is 5.81. The number of benzene rings is 1. The third-order valence-electron chi connectivity index (χ3n) is 3.47. The van der Waals surface area contributed by atoms with Gasteiger partial charge in [0.05, 0.1) is 7.11 Å². The van der Waals surface area contributed by atoms with Crippen molar-refractivity contribution < 1.29 is 9.13 Å². The fraction of sp³-hybridized carbons (Fsp3) is 0.538. The first-order chi connectivity index (χ1) is 7.72. The van der Waals surface area contributed by atoms with E-state index in [4.69, 9.17) is 10.5 Å². The normalized spacial score (nSPS) is 17.6. The SMILES string of the molecule is COc1ccc(F)c([C@H](N)C2CCCC2)c1.Cl. The molecule has 1 aromatic carbocycles. The number of ether oxygens (including phenoxy) is 1. The average Bonchev–Trinajstić information content (AvgIpc) is 2.82. The molecule has 96 valence electrons. The van der Waals surface area contributed by atoms with Gasteiger partial charge >= 0.3 is 0 Å². The molecule has 0 aromatic heterocycles. The number of hydrogen-bond donors (Lipinski definition) is 1. The summed E-state index contributed by atoms with van der Waals surface area (Å²) in [4.78, 5) is 0. The van der Waals surface area contributed by atoms with Crippen LogP contribution in [0.3, 0.4) is 0 Å². The molecule has 2 nitrogen and oxygen atoms in total. The van der Waals surface area contributed by atoms with Gasteiger partial charge in [0, 0.05) is 11.6 Å². The van der Waals surface area contributed by atoms with Gasteiger partial charge in [0.15, 0.2) is 0 Å². The lowest BCUT2D eigenvalue weighted by atomic mass is 9.92. The lowest BCUT2D eigenvalue weighted by Crippen LogP contribution is -2.20. The van der Waals surface area contributed by atoms with Crippen LogP contribution in [-0.4, -0.2) is 7.11 Å². The predicted molar refractivity (Wildman–Crippen MR) is 69.1 cm³/mol. The van der Waals surface area contributed by atoms with Crippen molar-refractivity contribution in [3.63, 3.8) is 0 Å². The van der Waals surface area contributed by atoms with E-state index in [0.29, 0.717) is 17.2 Å². The van der Waals surface area contributed by atoms with Crippen LogP contribution in [0.1, 0.15) is 37.3 Å². The van der Waals surface area contributed by atoms with Crippen LogP contribution in [0.15, 0.2) is 18.2 Å². The Morgan fingerprint density at radius 2 is 2.00 bits per heavy atom. The largest absolute Gasteiger partial charge is 0.497 e. The molecule has 1 aliphatic carbocycles. The molecule has 1 atom stereocenters. The number of rotatable bonds is 3. The quantitative estimate of drug-likeness (QED) is 0.902. The van der Waals surface area contributed by atoms with E-state index < -0.39 is 0 Å². The van der Waals surface area contributed by atoms with Crippen molar-refractivity contribution >= 4 is 12.4 Å². The van der Waals surface area contributed by atoms with Gasteiger partial charge in [-0.15, -0.1) is 12.4 Å². The van der Waals surface area contributed by atoms with Crippen molar-refractivity contribution in [3.8, 4) is 5.75 Å². The molecule has 1 aromatic rings. The summed E-state index contributed by atoms with van der Waals surface area (Å²) < 4.78 is 18.8. The maximum Gasteiger partial charge on any atom is 0.128 e. The molecule has 1 aliphatic rings. The molecule has 0 unspecified atom stereocenters. The van der Waals surface area contributed by atoms with Gasteiger partial charge in [0.2, 0.25) is 0 Å². The lowest BCUT2D eigenvalue weighted by molar-refractivity contribution is 0.402. The summed E-state index contributed by atoms with van der Waals surface area (Å²) in [5.74, 6) is 0.867. The number of halogens is 2. The second-order valence-corrected chi connectivity index (χ2v) is 4.46. The highest BCUT2D eigenvalue weighted by atomic mass is 35.5. The molecule has 0 spiro atoms. The molecular weight excluding hydrogens is 241 g/mol. The van der Waals surface area contributed by atoms with Crippen molar-refractivity contribution in [1.29, 1.82) is 0 Å². The van der Waals surface area contributed by atoms with Gasteiger partial charge in [-0.2, -0.15) is 0 Å². The van der Waals surface area contributed by atoms with E-state index in [1.165, 1.54) is 18.9 Å². The topological polar surface area (TPSA) is 35.2 Å². The molecule has 1 saturated carbocycles. The number of nitrogens with two attached hydrogens (primary N) is 1. The minimum absolute atomic E-state index is 0. The fourth-order valence-electron chi connectivity index (χ4n) is 2.47. The van der Waals surface area contributed by atoms with Gasteiger partial charge < -0.3 is 10.5 Å². The summed E-state index contributed by atoms with van der Waals surface area (Å²) in [5, 5.41) is 0. The molecule has 1 fully saturated rings. The molecule has 2 rings (SSSR count). The summed E-state index contributed by atoms with van der Waals surface area (Å²) >= 11 is 0. The van der Waals surface area contributed by atoms with Crippen LogP contribution in [0, 0.1) is 11.7 Å². The molecular formula is C13H19ClFNO. The Morgan fingerprint density at radius 3 is 2.59 bits per heavy atom. The molecule has 0 saturated heterocycles. The molecule has 17 heavy (non-hydrogen) atoms. The number of methoxy groups -OCH3 is 1. The van der Waals surface area contributed by atoms with Gasteiger partial charge in [-0.25, -0.2) is 4.39 Å². The van der Waals surface area contributed by atoms with E-state index in [9.17, 15) is 4.39 Å². The van der Waals surface area contributed by atoms with Crippen LogP contribution < -0.4 is 10.5 Å². The monoisotopic (exact) mass is 259 g/mol. The standard InChI is InChI=1S/C13H18FNO.ClH/c1-16-10-6-7-12(14)11(8-10)13(15)9-4-2-3-5-9;/h6-9,13H,2-5,15H2,1H3;1H/t13-;/m1./s1. The zero-order valence-corrected chi connectivity index (χ0v) is 10.8. The summed E-state index contributed by atoms with van der Waals surface area (Å²) in [6.07, 6.45) is 4.64. The summed E-state index contributed by atoms with van der Waals surface area (Å²) in [6.45, 7) is 0. The Bertz CT molecular complexity index is 366. The molecule has 0 radical (unpaired) electrons. The summed E-state index contributed by atoms with van der Waals surface area (Å²) in [5.41, 5.74) is 6.72. The first-order valence-corrected chi connectivity index (χ1v) is 5.81. The lowest BCUT2D eigenvalue weighted by Gasteiger charge is -2.20. The Morgan fingerprint density at radius 1 is 1.35 bits per heavy atom. The van der Waals surface area contributed by atoms with Gasteiger partial charge in [0.25, 0.3) is 0 Å². The van der Waals surface area contributed by atoms with Gasteiger partial charge in [0.1, 0.15) is 11.6 Å². The first kappa shape index (κ1) is 14.3. The predicted octanol–water partition coefficient (Wildman–Crippen LogP) is 3.45. The highest BCUT2D eigenvalue weighted by molar-refractivity contribution is 5.85. The van der Waals surface area contributed by atoms with Gasteiger partial charge in [-0.05, 0) is 37.0 Å². The van der Waals surface area contributed by atoms with E-state index in [2.05, 4.69) is 0 Å². The van der Waals surface area contributed by atoms with E-state index in [-0.39, 0.29) is 24.3 Å². The van der Waals surface area contributed by atoms with E-state index in [0.717, 1.165) is 12.8 Å². The molecule has 0 bridgehead atoms. The van der Waals surface area contributed by atoms with Crippen LogP contribution in [0.2, 0.25) is 0 Å². The van der Waals surface area contributed by atoms with Crippen molar-refractivity contribution in [2.45, 2.75) is 31.7 Å². The smallest absolute Gasteiger partial charge is 0.128 e. The third-order valence-corrected chi connectivity index (χ3v) is 3.47. The Kier molecular flexibility index (Phi) is 5.22. The summed E-state index contributed by atoms with van der Waals surface area (Å²) in [6, 6.07) is 4.58. The maximum absolute atomic E-state index is 13.7. The Balaban J connectivity index is 0.00000144. The Labute approximate surface area is 108 Å². The molecule has 0 heterocycles. The minimum atomic E-state index is -0.222.